The van der Waals surface area contributed by atoms with E-state index in [1.807, 2.05) is 6.07 Å². The smallest absolute Gasteiger partial charge is 0.328 e. The molecule has 6 heteroatoms. The monoisotopic (exact) mass is 359 g/mol. The van der Waals surface area contributed by atoms with Crippen LogP contribution in [0.15, 0.2) is 54.6 Å². The van der Waals surface area contributed by atoms with E-state index in [-0.39, 0.29) is 18.9 Å². The molecule has 0 spiro atoms. The van der Waals surface area contributed by atoms with Gasteiger partial charge in [0, 0.05) is 17.0 Å². The second-order valence-electron chi connectivity index (χ2n) is 6.08. The van der Waals surface area contributed by atoms with Gasteiger partial charge in [0.2, 0.25) is 0 Å². The van der Waals surface area contributed by atoms with Gasteiger partial charge in [-0.1, -0.05) is 41.9 Å². The SMILES string of the molecule is COC(=O)[C@@H]1C[C@@](O)(c2ccc(Cl)cc2)CN1C(=O)c1ccccc1. The van der Waals surface area contributed by atoms with Gasteiger partial charge in [0.15, 0.2) is 0 Å². The summed E-state index contributed by atoms with van der Waals surface area (Å²) in [5.41, 5.74) is -0.278. The second kappa shape index (κ2) is 6.86. The van der Waals surface area contributed by atoms with E-state index >= 15 is 0 Å². The number of carbonyl (C=O) groups excluding carboxylic acids is 2. The molecule has 0 radical (unpaired) electrons. The fraction of sp³-hybridized carbons (Fsp3) is 0.263. The number of nitrogens with zero attached hydrogens (tertiary/aromatic N) is 1. The molecule has 1 fully saturated rings. The topological polar surface area (TPSA) is 66.8 Å². The molecule has 1 aliphatic heterocycles. The molecule has 2 aromatic carbocycles. The zero-order valence-electron chi connectivity index (χ0n) is 13.7. The van der Waals surface area contributed by atoms with Crippen molar-refractivity contribution in [2.24, 2.45) is 0 Å². The van der Waals surface area contributed by atoms with Gasteiger partial charge in [-0.3, -0.25) is 4.79 Å². The van der Waals surface area contributed by atoms with Gasteiger partial charge in [0.05, 0.1) is 13.7 Å². The largest absolute Gasteiger partial charge is 0.467 e. The third kappa shape index (κ3) is 3.38. The molecule has 5 nitrogen and oxygen atoms in total. The maximum Gasteiger partial charge on any atom is 0.328 e. The Balaban J connectivity index is 1.94. The predicted molar refractivity (Wildman–Crippen MR) is 93.2 cm³/mol. The molecular formula is C19H18ClNO4. The molecule has 0 aromatic heterocycles. The maximum absolute atomic E-state index is 12.8. The van der Waals surface area contributed by atoms with Crippen LogP contribution >= 0.6 is 11.6 Å². The molecule has 1 N–H and O–H groups in total. The molecule has 25 heavy (non-hydrogen) atoms. The lowest BCUT2D eigenvalue weighted by atomic mass is 9.91. The summed E-state index contributed by atoms with van der Waals surface area (Å²) in [5, 5.41) is 11.6. The molecule has 1 aliphatic rings. The average molecular weight is 360 g/mol. The van der Waals surface area contributed by atoms with Crippen molar-refractivity contribution in [2.45, 2.75) is 18.1 Å². The number of amides is 1. The summed E-state index contributed by atoms with van der Waals surface area (Å²) in [4.78, 5) is 26.4. The van der Waals surface area contributed by atoms with Gasteiger partial charge < -0.3 is 14.7 Å². The highest BCUT2D eigenvalue weighted by Crippen LogP contribution is 2.37. The number of methoxy groups -OCH3 is 1. The van der Waals surface area contributed by atoms with Crippen LogP contribution in [0.1, 0.15) is 22.3 Å². The lowest BCUT2D eigenvalue weighted by Crippen LogP contribution is -2.41. The van der Waals surface area contributed by atoms with Crippen molar-refractivity contribution in [1.29, 1.82) is 0 Å². The minimum atomic E-state index is -1.34. The Bertz CT molecular complexity index is 778. The van der Waals surface area contributed by atoms with Crippen LogP contribution in [0.4, 0.5) is 0 Å². The first-order valence-electron chi connectivity index (χ1n) is 7.87. The van der Waals surface area contributed by atoms with E-state index in [4.69, 9.17) is 16.3 Å². The minimum absolute atomic E-state index is 0.00211. The molecule has 2 aromatic rings. The van der Waals surface area contributed by atoms with Crippen LogP contribution in [0.5, 0.6) is 0 Å². The quantitative estimate of drug-likeness (QED) is 0.855. The first kappa shape index (κ1) is 17.5. The third-order valence-electron chi connectivity index (χ3n) is 4.48. The van der Waals surface area contributed by atoms with Crippen molar-refractivity contribution in [2.75, 3.05) is 13.7 Å². The van der Waals surface area contributed by atoms with Crippen molar-refractivity contribution in [3.8, 4) is 0 Å². The molecular weight excluding hydrogens is 342 g/mol. The summed E-state index contributed by atoms with van der Waals surface area (Å²) >= 11 is 5.90. The third-order valence-corrected chi connectivity index (χ3v) is 4.73. The molecule has 130 valence electrons. The standard InChI is InChI=1S/C19H18ClNO4/c1-25-18(23)16-11-19(24,14-7-9-15(20)10-8-14)12-21(16)17(22)13-5-3-2-4-6-13/h2-10,16,24H,11-12H2,1H3/t16-,19-/m0/s1. The maximum atomic E-state index is 12.8. The number of hydrogen-bond acceptors (Lipinski definition) is 4. The number of benzene rings is 2. The average Bonchev–Trinajstić information content (AvgIpc) is 3.00. The molecule has 2 atom stereocenters. The lowest BCUT2D eigenvalue weighted by molar-refractivity contribution is -0.145. The molecule has 1 heterocycles. The normalized spacial score (nSPS) is 22.7. The Hall–Kier alpha value is -2.37. The Morgan fingerprint density at radius 2 is 1.80 bits per heavy atom. The molecule has 0 bridgehead atoms. The summed E-state index contributed by atoms with van der Waals surface area (Å²) in [5.74, 6) is -0.866. The van der Waals surface area contributed by atoms with E-state index in [1.165, 1.54) is 12.0 Å². The number of halogens is 1. The predicted octanol–water partition coefficient (Wildman–Crippen LogP) is 2.62. The number of rotatable bonds is 3. The van der Waals surface area contributed by atoms with Crippen molar-refractivity contribution in [1.82, 2.24) is 4.90 Å². The number of β-amino-alcohol motifs (C(OH)–C–C–N with tert-alkyl or cyclic N) is 1. The van der Waals surface area contributed by atoms with Crippen molar-refractivity contribution < 1.29 is 19.4 Å². The molecule has 0 saturated carbocycles. The van der Waals surface area contributed by atoms with Gasteiger partial charge in [-0.15, -0.1) is 0 Å². The van der Waals surface area contributed by atoms with Crippen molar-refractivity contribution >= 4 is 23.5 Å². The van der Waals surface area contributed by atoms with E-state index in [9.17, 15) is 14.7 Å². The highest BCUT2D eigenvalue weighted by Gasteiger charge is 2.49. The van der Waals surface area contributed by atoms with E-state index < -0.39 is 17.6 Å². The first-order valence-corrected chi connectivity index (χ1v) is 8.25. The Kier molecular flexibility index (Phi) is 4.79. The van der Waals surface area contributed by atoms with Crippen LogP contribution in [0.3, 0.4) is 0 Å². The van der Waals surface area contributed by atoms with Crippen LogP contribution in [0.25, 0.3) is 0 Å². The minimum Gasteiger partial charge on any atom is -0.467 e. The van der Waals surface area contributed by atoms with Crippen molar-refractivity contribution in [3.05, 3.63) is 70.7 Å². The number of esters is 1. The van der Waals surface area contributed by atoms with Gasteiger partial charge in [-0.05, 0) is 29.8 Å². The number of hydrogen-bond donors (Lipinski definition) is 1. The fourth-order valence-corrected chi connectivity index (χ4v) is 3.29. The summed E-state index contributed by atoms with van der Waals surface area (Å²) in [7, 11) is 1.27. The Labute approximate surface area is 150 Å². The Morgan fingerprint density at radius 3 is 2.40 bits per heavy atom. The Morgan fingerprint density at radius 1 is 1.16 bits per heavy atom. The molecule has 1 amide bonds. The van der Waals surface area contributed by atoms with Crippen LogP contribution in [0, 0.1) is 0 Å². The van der Waals surface area contributed by atoms with Crippen LogP contribution in [0.2, 0.25) is 5.02 Å². The summed E-state index contributed by atoms with van der Waals surface area (Å²) in [6.07, 6.45) is 0.0693. The molecule has 0 aliphatic carbocycles. The van der Waals surface area contributed by atoms with Crippen LogP contribution in [-0.4, -0.2) is 41.6 Å². The van der Waals surface area contributed by atoms with E-state index in [0.29, 0.717) is 16.1 Å². The number of carbonyl (C=O) groups is 2. The van der Waals surface area contributed by atoms with Gasteiger partial charge >= 0.3 is 5.97 Å². The van der Waals surface area contributed by atoms with Gasteiger partial charge in [-0.25, -0.2) is 4.79 Å². The first-order chi connectivity index (χ1) is 11.9. The lowest BCUT2D eigenvalue weighted by Gasteiger charge is -2.24. The summed E-state index contributed by atoms with van der Waals surface area (Å²) in [6, 6.07) is 14.6. The fourth-order valence-electron chi connectivity index (χ4n) is 3.16. The van der Waals surface area contributed by atoms with Gasteiger partial charge in [0.1, 0.15) is 11.6 Å². The van der Waals surface area contributed by atoms with Gasteiger partial charge in [-0.2, -0.15) is 0 Å². The highest BCUT2D eigenvalue weighted by atomic mass is 35.5. The van der Waals surface area contributed by atoms with E-state index in [1.54, 1.807) is 48.5 Å². The van der Waals surface area contributed by atoms with E-state index in [2.05, 4.69) is 0 Å². The van der Waals surface area contributed by atoms with E-state index in [0.717, 1.165) is 0 Å². The van der Waals surface area contributed by atoms with Crippen LogP contribution < -0.4 is 0 Å². The van der Waals surface area contributed by atoms with Crippen LogP contribution in [-0.2, 0) is 15.1 Å². The van der Waals surface area contributed by atoms with Crippen molar-refractivity contribution in [3.63, 3.8) is 0 Å². The second-order valence-corrected chi connectivity index (χ2v) is 6.52. The summed E-state index contributed by atoms with van der Waals surface area (Å²) in [6.45, 7) is 0.00211. The number of likely N-dealkylation sites (tertiary alicyclic amines) is 1. The molecule has 0 unspecified atom stereocenters. The molecule has 3 rings (SSSR count). The zero-order valence-corrected chi connectivity index (χ0v) is 14.4. The summed E-state index contributed by atoms with van der Waals surface area (Å²) < 4.78 is 4.83. The number of aliphatic hydroxyl groups is 1. The zero-order chi connectivity index (χ0) is 18.0. The van der Waals surface area contributed by atoms with Gasteiger partial charge in [0.25, 0.3) is 5.91 Å². The number of ether oxygens (including phenoxy) is 1. The highest BCUT2D eigenvalue weighted by molar-refractivity contribution is 6.30. The molecule has 1 saturated heterocycles.